The Labute approximate surface area is 138 Å². The number of ether oxygens (including phenoxy) is 1. The maximum atomic E-state index is 12.8. The first-order chi connectivity index (χ1) is 11.4. The Morgan fingerprint density at radius 2 is 2.04 bits per heavy atom. The van der Waals surface area contributed by atoms with Crippen molar-refractivity contribution in [3.05, 3.63) is 11.8 Å². The highest BCUT2D eigenvalue weighted by molar-refractivity contribution is 5.92. The van der Waals surface area contributed by atoms with Crippen molar-refractivity contribution in [3.8, 4) is 5.88 Å². The molecule has 1 aliphatic carbocycles. The third-order valence-electron chi connectivity index (χ3n) is 4.64. The molecule has 1 fully saturated rings. The van der Waals surface area contributed by atoms with E-state index in [4.69, 9.17) is 4.74 Å². The first-order valence-electron chi connectivity index (χ1n) is 8.52. The Morgan fingerprint density at radius 3 is 2.71 bits per heavy atom. The van der Waals surface area contributed by atoms with Crippen LogP contribution in [0.25, 0.3) is 0 Å². The Kier molecular flexibility index (Phi) is 5.01. The summed E-state index contributed by atoms with van der Waals surface area (Å²) in [6.07, 6.45) is 0.0318. The lowest BCUT2D eigenvalue weighted by Crippen LogP contribution is -2.43. The van der Waals surface area contributed by atoms with E-state index in [0.29, 0.717) is 19.0 Å². The molecule has 0 saturated heterocycles. The van der Waals surface area contributed by atoms with Gasteiger partial charge in [-0.2, -0.15) is 18.3 Å². The normalized spacial score (nSPS) is 18.8. The van der Waals surface area contributed by atoms with Gasteiger partial charge in [-0.05, 0) is 12.8 Å². The Balaban J connectivity index is 1.77. The fourth-order valence-corrected chi connectivity index (χ4v) is 3.41. The smallest absolute Gasteiger partial charge is 0.390 e. The number of halogens is 3. The quantitative estimate of drug-likeness (QED) is 0.840. The van der Waals surface area contributed by atoms with Crippen molar-refractivity contribution in [1.29, 1.82) is 0 Å². The van der Waals surface area contributed by atoms with Crippen LogP contribution >= 0.6 is 0 Å². The summed E-state index contributed by atoms with van der Waals surface area (Å²) in [5.41, 5.74) is 0.180. The topological polar surface area (TPSA) is 47.4 Å². The monoisotopic (exact) mass is 345 g/mol. The van der Waals surface area contributed by atoms with Crippen LogP contribution in [0.3, 0.4) is 0 Å². The van der Waals surface area contributed by atoms with Crippen LogP contribution < -0.4 is 4.74 Å². The molecule has 0 atom stereocenters. The molecule has 8 heteroatoms. The van der Waals surface area contributed by atoms with Gasteiger partial charge in [-0.1, -0.05) is 19.3 Å². The number of carbonyl (C=O) groups is 1. The summed E-state index contributed by atoms with van der Waals surface area (Å²) in [6.45, 7) is 0.921. The molecule has 0 N–H and O–H groups in total. The van der Waals surface area contributed by atoms with Gasteiger partial charge in [0.05, 0.1) is 13.0 Å². The van der Waals surface area contributed by atoms with Gasteiger partial charge in [-0.25, -0.2) is 4.68 Å². The summed E-state index contributed by atoms with van der Waals surface area (Å²) in [7, 11) is 0. The lowest BCUT2D eigenvalue weighted by Gasteiger charge is -2.34. The number of aryl methyl sites for hydroxylation is 1. The van der Waals surface area contributed by atoms with Gasteiger partial charge in [0.1, 0.15) is 0 Å². The third kappa shape index (κ3) is 4.02. The molecule has 1 saturated carbocycles. The van der Waals surface area contributed by atoms with Crippen LogP contribution in [-0.4, -0.2) is 46.0 Å². The summed E-state index contributed by atoms with van der Waals surface area (Å²) in [4.78, 5) is 14.2. The first kappa shape index (κ1) is 17.1. The van der Waals surface area contributed by atoms with Crippen molar-refractivity contribution in [3.63, 3.8) is 0 Å². The predicted octanol–water partition coefficient (Wildman–Crippen LogP) is 3.39. The van der Waals surface area contributed by atoms with Gasteiger partial charge in [0.2, 0.25) is 5.88 Å². The SMILES string of the molecule is O=C(c1cc2n(n1)CCCO2)N(CCC(F)(F)F)C1CCCCC1. The summed E-state index contributed by atoms with van der Waals surface area (Å²) >= 11 is 0. The van der Waals surface area contributed by atoms with Crippen LogP contribution in [0.5, 0.6) is 5.88 Å². The van der Waals surface area contributed by atoms with Crippen LogP contribution in [0.1, 0.15) is 55.4 Å². The molecular formula is C16H22F3N3O2. The molecular weight excluding hydrogens is 323 g/mol. The summed E-state index contributed by atoms with van der Waals surface area (Å²) in [5.74, 6) is 0.0978. The molecule has 1 aliphatic heterocycles. The minimum atomic E-state index is -4.27. The molecule has 0 unspecified atom stereocenters. The maximum absolute atomic E-state index is 12.8. The standard InChI is InChI=1S/C16H22F3N3O2/c17-16(18,19)7-9-21(12-5-2-1-3-6-12)15(23)13-11-14-22(20-13)8-4-10-24-14/h11-12H,1-10H2. The Morgan fingerprint density at radius 1 is 1.29 bits per heavy atom. The molecule has 0 radical (unpaired) electrons. The zero-order valence-electron chi connectivity index (χ0n) is 13.5. The first-order valence-corrected chi connectivity index (χ1v) is 8.52. The van der Waals surface area contributed by atoms with Crippen molar-refractivity contribution in [2.75, 3.05) is 13.2 Å². The van der Waals surface area contributed by atoms with E-state index < -0.39 is 18.5 Å². The van der Waals surface area contributed by atoms with Gasteiger partial charge in [0.25, 0.3) is 5.91 Å². The number of alkyl halides is 3. The Hall–Kier alpha value is -1.73. The van der Waals surface area contributed by atoms with Crippen molar-refractivity contribution >= 4 is 5.91 Å². The van der Waals surface area contributed by atoms with Gasteiger partial charge < -0.3 is 9.64 Å². The number of nitrogens with zero attached hydrogens (tertiary/aromatic N) is 3. The van der Waals surface area contributed by atoms with Crippen LogP contribution in [0.2, 0.25) is 0 Å². The van der Waals surface area contributed by atoms with Crippen molar-refractivity contribution in [1.82, 2.24) is 14.7 Å². The van der Waals surface area contributed by atoms with E-state index in [1.54, 1.807) is 10.7 Å². The van der Waals surface area contributed by atoms with Crippen LogP contribution in [-0.2, 0) is 6.54 Å². The van der Waals surface area contributed by atoms with Crippen LogP contribution in [0.15, 0.2) is 6.07 Å². The number of amides is 1. The van der Waals surface area contributed by atoms with Crippen LogP contribution in [0, 0.1) is 0 Å². The molecule has 24 heavy (non-hydrogen) atoms. The lowest BCUT2D eigenvalue weighted by atomic mass is 9.93. The second kappa shape index (κ2) is 7.03. The lowest BCUT2D eigenvalue weighted by molar-refractivity contribution is -0.137. The fourth-order valence-electron chi connectivity index (χ4n) is 3.41. The molecule has 2 heterocycles. The molecule has 1 amide bonds. The van der Waals surface area contributed by atoms with Gasteiger partial charge >= 0.3 is 6.18 Å². The van der Waals surface area contributed by atoms with E-state index in [1.165, 1.54) is 4.90 Å². The molecule has 3 rings (SSSR count). The van der Waals surface area contributed by atoms with Gasteiger partial charge in [0.15, 0.2) is 5.69 Å². The fraction of sp³-hybridized carbons (Fsp3) is 0.750. The number of aromatic nitrogens is 2. The summed E-state index contributed by atoms with van der Waals surface area (Å²) < 4.78 is 45.0. The van der Waals surface area contributed by atoms with Crippen LogP contribution in [0.4, 0.5) is 13.2 Å². The van der Waals surface area contributed by atoms with E-state index in [0.717, 1.165) is 38.5 Å². The molecule has 0 bridgehead atoms. The van der Waals surface area contributed by atoms with Gasteiger partial charge in [0, 0.05) is 31.6 Å². The predicted molar refractivity (Wildman–Crippen MR) is 80.9 cm³/mol. The zero-order chi connectivity index (χ0) is 17.2. The number of hydrogen-bond acceptors (Lipinski definition) is 3. The minimum Gasteiger partial charge on any atom is -0.478 e. The van der Waals surface area contributed by atoms with Crippen molar-refractivity contribution < 1.29 is 22.7 Å². The highest BCUT2D eigenvalue weighted by Gasteiger charge is 2.34. The molecule has 1 aromatic heterocycles. The molecule has 0 aromatic carbocycles. The minimum absolute atomic E-state index is 0.131. The number of fused-ring (bicyclic) bond motifs is 1. The second-order valence-corrected chi connectivity index (χ2v) is 6.45. The number of hydrogen-bond donors (Lipinski definition) is 0. The zero-order valence-corrected chi connectivity index (χ0v) is 13.5. The van der Waals surface area contributed by atoms with E-state index in [2.05, 4.69) is 5.10 Å². The van der Waals surface area contributed by atoms with Gasteiger partial charge in [-0.3, -0.25) is 4.79 Å². The molecule has 0 spiro atoms. The highest BCUT2D eigenvalue weighted by Crippen LogP contribution is 2.28. The average Bonchev–Trinajstić information content (AvgIpc) is 2.99. The largest absolute Gasteiger partial charge is 0.478 e. The van der Waals surface area contributed by atoms with E-state index in [1.807, 2.05) is 0 Å². The number of carbonyl (C=O) groups excluding carboxylic acids is 1. The molecule has 1 aromatic rings. The highest BCUT2D eigenvalue weighted by atomic mass is 19.4. The van der Waals surface area contributed by atoms with Crippen molar-refractivity contribution in [2.45, 2.75) is 63.7 Å². The maximum Gasteiger partial charge on any atom is 0.390 e. The average molecular weight is 345 g/mol. The second-order valence-electron chi connectivity index (χ2n) is 6.45. The van der Waals surface area contributed by atoms with E-state index in [9.17, 15) is 18.0 Å². The molecule has 2 aliphatic rings. The molecule has 5 nitrogen and oxygen atoms in total. The van der Waals surface area contributed by atoms with E-state index in [-0.39, 0.29) is 18.3 Å². The number of rotatable bonds is 4. The molecule has 134 valence electrons. The van der Waals surface area contributed by atoms with Crippen molar-refractivity contribution in [2.24, 2.45) is 0 Å². The summed E-state index contributed by atoms with van der Waals surface area (Å²) in [5, 5.41) is 4.23. The Bertz CT molecular complexity index is 556. The van der Waals surface area contributed by atoms with Gasteiger partial charge in [-0.15, -0.1) is 0 Å². The third-order valence-corrected chi connectivity index (χ3v) is 4.64. The summed E-state index contributed by atoms with van der Waals surface area (Å²) in [6, 6.07) is 1.42. The van der Waals surface area contributed by atoms with E-state index >= 15 is 0 Å².